The molecule has 0 radical (unpaired) electrons. The average molecular weight is 251 g/mol. The monoisotopic (exact) mass is 251 g/mol. The number of nitrogens with one attached hydrogen (secondary N) is 2. The van der Waals surface area contributed by atoms with E-state index in [1.807, 2.05) is 0 Å². The molecule has 0 bridgehead atoms. The van der Waals surface area contributed by atoms with E-state index in [-0.39, 0.29) is 5.91 Å². The van der Waals surface area contributed by atoms with Crippen LogP contribution in [0, 0.1) is 5.95 Å². The molecular formula is C13H18FN3O. The summed E-state index contributed by atoms with van der Waals surface area (Å²) in [6.07, 6.45) is 4.95. The summed E-state index contributed by atoms with van der Waals surface area (Å²) in [6, 6.07) is 2.76. The molecule has 1 aliphatic rings. The first-order valence-corrected chi connectivity index (χ1v) is 6.34. The van der Waals surface area contributed by atoms with Gasteiger partial charge in [0.25, 0.3) is 0 Å². The Morgan fingerprint density at radius 2 is 2.44 bits per heavy atom. The van der Waals surface area contributed by atoms with E-state index in [1.165, 1.54) is 18.3 Å². The molecule has 0 spiro atoms. The first-order chi connectivity index (χ1) is 8.66. The van der Waals surface area contributed by atoms with Gasteiger partial charge in [0.1, 0.15) is 0 Å². The highest BCUT2D eigenvalue weighted by Gasteiger charge is 2.39. The average Bonchev–Trinajstić information content (AvgIpc) is 2.82. The minimum atomic E-state index is -0.546. The zero-order valence-corrected chi connectivity index (χ0v) is 10.5. The molecule has 2 rings (SSSR count). The number of carbonyl (C=O) groups excluding carboxylic acids is 1. The summed E-state index contributed by atoms with van der Waals surface area (Å²) in [4.78, 5) is 15.8. The van der Waals surface area contributed by atoms with Crippen molar-refractivity contribution in [1.29, 1.82) is 0 Å². The summed E-state index contributed by atoms with van der Waals surface area (Å²) in [5.41, 5.74) is 0.0638. The fraction of sp³-hybridized carbons (Fsp3) is 0.538. The van der Waals surface area contributed by atoms with E-state index in [0.29, 0.717) is 5.69 Å². The molecule has 98 valence electrons. The third-order valence-electron chi connectivity index (χ3n) is 3.34. The van der Waals surface area contributed by atoms with E-state index >= 15 is 0 Å². The van der Waals surface area contributed by atoms with Gasteiger partial charge >= 0.3 is 0 Å². The maximum atomic E-state index is 12.7. The van der Waals surface area contributed by atoms with Crippen molar-refractivity contribution in [1.82, 2.24) is 10.3 Å². The highest BCUT2D eigenvalue weighted by molar-refractivity contribution is 5.98. The standard InChI is InChI=1S/C13H18FN3O/c1-2-6-13(7-3-8-16-13)12(18)17-10-4-5-11(14)15-9-10/h4-5,9,16H,2-3,6-8H2,1H3,(H,17,18). The third kappa shape index (κ3) is 2.67. The van der Waals surface area contributed by atoms with Crippen molar-refractivity contribution in [2.45, 2.75) is 38.1 Å². The number of nitrogens with zero attached hydrogens (tertiary/aromatic N) is 1. The molecule has 1 atom stereocenters. The number of anilines is 1. The molecule has 1 amide bonds. The van der Waals surface area contributed by atoms with Crippen LogP contribution in [0.4, 0.5) is 10.1 Å². The summed E-state index contributed by atoms with van der Waals surface area (Å²) in [7, 11) is 0. The number of hydrogen-bond acceptors (Lipinski definition) is 3. The highest BCUT2D eigenvalue weighted by Crippen LogP contribution is 2.26. The maximum absolute atomic E-state index is 12.7. The van der Waals surface area contributed by atoms with Crippen LogP contribution in [0.5, 0.6) is 0 Å². The molecule has 1 aromatic rings. The van der Waals surface area contributed by atoms with E-state index in [4.69, 9.17) is 0 Å². The summed E-state index contributed by atoms with van der Waals surface area (Å²) in [6.45, 7) is 2.93. The van der Waals surface area contributed by atoms with Gasteiger partial charge in [0, 0.05) is 0 Å². The van der Waals surface area contributed by atoms with Gasteiger partial charge in [0.2, 0.25) is 11.9 Å². The quantitative estimate of drug-likeness (QED) is 0.806. The van der Waals surface area contributed by atoms with Gasteiger partial charge in [-0.3, -0.25) is 4.79 Å². The van der Waals surface area contributed by atoms with Gasteiger partial charge in [-0.2, -0.15) is 4.39 Å². The minimum absolute atomic E-state index is 0.0461. The van der Waals surface area contributed by atoms with Gasteiger partial charge in [0.05, 0.1) is 17.4 Å². The van der Waals surface area contributed by atoms with Gasteiger partial charge < -0.3 is 10.6 Å². The van der Waals surface area contributed by atoms with Gasteiger partial charge in [0.15, 0.2) is 0 Å². The van der Waals surface area contributed by atoms with E-state index in [9.17, 15) is 9.18 Å². The lowest BCUT2D eigenvalue weighted by atomic mass is 9.91. The summed E-state index contributed by atoms with van der Waals surface area (Å²) in [5, 5.41) is 6.10. The largest absolute Gasteiger partial charge is 0.323 e. The zero-order chi connectivity index (χ0) is 13.0. The van der Waals surface area contributed by atoms with Crippen LogP contribution in [0.25, 0.3) is 0 Å². The topological polar surface area (TPSA) is 54.0 Å². The maximum Gasteiger partial charge on any atom is 0.244 e. The van der Waals surface area contributed by atoms with Crippen LogP contribution in [-0.2, 0) is 4.79 Å². The number of pyridine rings is 1. The molecule has 1 aliphatic heterocycles. The molecule has 18 heavy (non-hydrogen) atoms. The normalized spacial score (nSPS) is 23.0. The summed E-state index contributed by atoms with van der Waals surface area (Å²) in [5.74, 6) is -0.592. The van der Waals surface area contributed by atoms with E-state index < -0.39 is 11.5 Å². The second kappa shape index (κ2) is 5.44. The zero-order valence-electron chi connectivity index (χ0n) is 10.5. The summed E-state index contributed by atoms with van der Waals surface area (Å²) < 4.78 is 12.7. The molecule has 1 saturated heterocycles. The highest BCUT2D eigenvalue weighted by atomic mass is 19.1. The van der Waals surface area contributed by atoms with Crippen LogP contribution < -0.4 is 10.6 Å². The van der Waals surface area contributed by atoms with Crippen molar-refractivity contribution in [3.63, 3.8) is 0 Å². The molecule has 5 heteroatoms. The van der Waals surface area contributed by atoms with Gasteiger partial charge in [-0.25, -0.2) is 4.98 Å². The first kappa shape index (κ1) is 13.0. The van der Waals surface area contributed by atoms with Crippen molar-refractivity contribution in [3.8, 4) is 0 Å². The fourth-order valence-electron chi connectivity index (χ4n) is 2.45. The Morgan fingerprint density at radius 1 is 1.61 bits per heavy atom. The molecular weight excluding hydrogens is 233 g/mol. The first-order valence-electron chi connectivity index (χ1n) is 6.34. The Balaban J connectivity index is 2.07. The van der Waals surface area contributed by atoms with Crippen LogP contribution in [0.1, 0.15) is 32.6 Å². The number of hydrogen-bond donors (Lipinski definition) is 2. The van der Waals surface area contributed by atoms with Crippen molar-refractivity contribution >= 4 is 11.6 Å². The second-order valence-corrected chi connectivity index (χ2v) is 4.69. The molecule has 4 nitrogen and oxygen atoms in total. The molecule has 1 unspecified atom stereocenters. The molecule has 0 aromatic carbocycles. The molecule has 1 aromatic heterocycles. The predicted molar refractivity (Wildman–Crippen MR) is 67.7 cm³/mol. The predicted octanol–water partition coefficient (Wildman–Crippen LogP) is 2.08. The lowest BCUT2D eigenvalue weighted by Crippen LogP contribution is -2.50. The molecule has 0 saturated carbocycles. The molecule has 0 aliphatic carbocycles. The number of rotatable bonds is 4. The van der Waals surface area contributed by atoms with Crippen LogP contribution in [-0.4, -0.2) is 23.0 Å². The second-order valence-electron chi connectivity index (χ2n) is 4.69. The smallest absolute Gasteiger partial charge is 0.244 e. The van der Waals surface area contributed by atoms with Crippen LogP contribution in [0.3, 0.4) is 0 Å². The van der Waals surface area contributed by atoms with Gasteiger partial charge in [-0.15, -0.1) is 0 Å². The summed E-state index contributed by atoms with van der Waals surface area (Å²) >= 11 is 0. The number of carbonyl (C=O) groups is 1. The van der Waals surface area contributed by atoms with Gasteiger partial charge in [-0.05, 0) is 37.9 Å². The Hall–Kier alpha value is -1.49. The Morgan fingerprint density at radius 3 is 3.00 bits per heavy atom. The molecule has 1 fully saturated rings. The minimum Gasteiger partial charge on any atom is -0.323 e. The lowest BCUT2D eigenvalue weighted by molar-refractivity contribution is -0.122. The van der Waals surface area contributed by atoms with Crippen LogP contribution in [0.2, 0.25) is 0 Å². The molecule has 2 heterocycles. The van der Waals surface area contributed by atoms with Crippen LogP contribution >= 0.6 is 0 Å². The number of halogens is 1. The fourth-order valence-corrected chi connectivity index (χ4v) is 2.45. The lowest BCUT2D eigenvalue weighted by Gasteiger charge is -2.27. The van der Waals surface area contributed by atoms with Crippen LogP contribution in [0.15, 0.2) is 18.3 Å². The third-order valence-corrected chi connectivity index (χ3v) is 3.34. The van der Waals surface area contributed by atoms with Gasteiger partial charge in [-0.1, -0.05) is 13.3 Å². The van der Waals surface area contributed by atoms with E-state index in [0.717, 1.165) is 32.2 Å². The van der Waals surface area contributed by atoms with Crippen molar-refractivity contribution in [3.05, 3.63) is 24.3 Å². The Labute approximate surface area is 106 Å². The molecule has 2 N–H and O–H groups in total. The SMILES string of the molecule is CCCC1(C(=O)Nc2ccc(F)nc2)CCCN1. The van der Waals surface area contributed by atoms with Crippen molar-refractivity contribution in [2.24, 2.45) is 0 Å². The Kier molecular flexibility index (Phi) is 3.91. The van der Waals surface area contributed by atoms with E-state index in [2.05, 4.69) is 22.5 Å². The van der Waals surface area contributed by atoms with E-state index in [1.54, 1.807) is 0 Å². The Bertz CT molecular complexity index is 413. The van der Waals surface area contributed by atoms with Crippen molar-refractivity contribution in [2.75, 3.05) is 11.9 Å². The van der Waals surface area contributed by atoms with Crippen molar-refractivity contribution < 1.29 is 9.18 Å². The number of aromatic nitrogens is 1. The number of amides is 1.